The molecule has 0 fully saturated rings. The molecule has 12 aromatic carbocycles. The van der Waals surface area contributed by atoms with Crippen LogP contribution in [0.4, 0.5) is 22.7 Å². The van der Waals surface area contributed by atoms with Gasteiger partial charge < -0.3 is 10.6 Å². The summed E-state index contributed by atoms with van der Waals surface area (Å²) in [5, 5.41) is 15.3. The van der Waals surface area contributed by atoms with Crippen molar-refractivity contribution >= 4 is 55.1 Å². The zero-order chi connectivity index (χ0) is 44.8. The van der Waals surface area contributed by atoms with Crippen LogP contribution in [0, 0.1) is 0 Å². The maximum Gasteiger partial charge on any atom is 0.0714 e. The molecule has 0 unspecified atom stereocenters. The second-order valence-corrected chi connectivity index (χ2v) is 18.5. The summed E-state index contributed by atoms with van der Waals surface area (Å²) in [7, 11) is 0. The first-order chi connectivity index (χ1) is 33.7. The first-order valence-electron chi connectivity index (χ1n) is 23.7. The molecule has 68 heavy (non-hydrogen) atoms. The van der Waals surface area contributed by atoms with Crippen LogP contribution >= 0.6 is 0 Å². The summed E-state index contributed by atoms with van der Waals surface area (Å²) in [6, 6.07) is 94.2. The maximum absolute atomic E-state index is 3.94. The zero-order valence-electron chi connectivity index (χ0n) is 37.2. The molecule has 12 aromatic rings. The van der Waals surface area contributed by atoms with Gasteiger partial charge in [-0.1, -0.05) is 218 Å². The Morgan fingerprint density at radius 1 is 0.250 bits per heavy atom. The first kappa shape index (κ1) is 38.5. The van der Waals surface area contributed by atoms with Gasteiger partial charge in [0, 0.05) is 33.5 Å². The Labute approximate surface area is 396 Å². The third-order valence-corrected chi connectivity index (χ3v) is 15.1. The standard InChI is InChI=1S/C66H44N2/c1-3-17-45(18-4-1)65(57-29-11-7-25-51(57)52-26-8-12-30-58(52)65)47-21-15-23-49(41-47)67-61-39-35-43-34-38-56-62(40-36-44-33-37-55(61)63(43)64(44)56)68-50-24-16-22-48(42-50)66(46-19-5-2-6-20-46)59-31-13-9-27-53(59)54-28-10-14-32-60(54)66/h1-42,67-68H. The summed E-state index contributed by atoms with van der Waals surface area (Å²) < 4.78 is 0. The van der Waals surface area contributed by atoms with Crippen molar-refractivity contribution in [1.82, 2.24) is 0 Å². The first-order valence-corrected chi connectivity index (χ1v) is 23.7. The Morgan fingerprint density at radius 2 is 0.574 bits per heavy atom. The molecule has 0 spiro atoms. The normalized spacial score (nSPS) is 13.8. The van der Waals surface area contributed by atoms with E-state index in [-0.39, 0.29) is 0 Å². The summed E-state index contributed by atoms with van der Waals surface area (Å²) in [6.07, 6.45) is 0. The second kappa shape index (κ2) is 14.9. The number of hydrogen-bond acceptors (Lipinski definition) is 2. The molecule has 2 nitrogen and oxygen atoms in total. The lowest BCUT2D eigenvalue weighted by atomic mass is 9.67. The topological polar surface area (TPSA) is 24.1 Å². The van der Waals surface area contributed by atoms with E-state index in [0.717, 1.165) is 22.7 Å². The van der Waals surface area contributed by atoms with Crippen LogP contribution in [0.1, 0.15) is 44.5 Å². The lowest BCUT2D eigenvalue weighted by molar-refractivity contribution is 0.769. The van der Waals surface area contributed by atoms with Gasteiger partial charge in [-0.2, -0.15) is 0 Å². The molecule has 2 aliphatic rings. The smallest absolute Gasteiger partial charge is 0.0714 e. The van der Waals surface area contributed by atoms with Crippen LogP contribution in [0.5, 0.6) is 0 Å². The van der Waals surface area contributed by atoms with E-state index < -0.39 is 10.8 Å². The average molecular weight is 865 g/mol. The van der Waals surface area contributed by atoms with Gasteiger partial charge in [0.15, 0.2) is 0 Å². The van der Waals surface area contributed by atoms with E-state index in [2.05, 4.69) is 265 Å². The Hall–Kier alpha value is -8.72. The molecule has 14 rings (SSSR count). The lowest BCUT2D eigenvalue weighted by Gasteiger charge is -2.34. The molecular weight excluding hydrogens is 821 g/mol. The summed E-state index contributed by atoms with van der Waals surface area (Å²) in [4.78, 5) is 0. The van der Waals surface area contributed by atoms with Crippen molar-refractivity contribution in [3.8, 4) is 22.3 Å². The quantitative estimate of drug-likeness (QED) is 0.149. The summed E-state index contributed by atoms with van der Waals surface area (Å²) in [5.41, 5.74) is 18.8. The van der Waals surface area contributed by atoms with Crippen LogP contribution in [-0.2, 0) is 10.8 Å². The SMILES string of the molecule is c1ccc(C2(c3cccc(Nc4ccc5ccc6c(Nc7cccc(C8(c9ccccc9)c9ccccc9-c9ccccc98)c7)ccc7ccc4c5c76)c3)c3ccccc3-c3ccccc32)cc1. The minimum Gasteiger partial charge on any atom is -0.355 e. The highest BCUT2D eigenvalue weighted by atomic mass is 14.9. The molecule has 0 amide bonds. The second-order valence-electron chi connectivity index (χ2n) is 18.5. The predicted molar refractivity (Wildman–Crippen MR) is 284 cm³/mol. The van der Waals surface area contributed by atoms with Crippen molar-refractivity contribution in [2.24, 2.45) is 0 Å². The highest BCUT2D eigenvalue weighted by molar-refractivity contribution is 6.27. The van der Waals surface area contributed by atoms with Gasteiger partial charge in [0.2, 0.25) is 0 Å². The molecule has 318 valence electrons. The summed E-state index contributed by atoms with van der Waals surface area (Å²) >= 11 is 0. The molecule has 0 aromatic heterocycles. The Balaban J connectivity index is 0.869. The minimum absolute atomic E-state index is 0.466. The predicted octanol–water partition coefficient (Wildman–Crippen LogP) is 16.8. The van der Waals surface area contributed by atoms with Gasteiger partial charge >= 0.3 is 0 Å². The minimum atomic E-state index is -0.466. The molecule has 0 saturated heterocycles. The van der Waals surface area contributed by atoms with E-state index >= 15 is 0 Å². The van der Waals surface area contributed by atoms with Gasteiger partial charge in [0.1, 0.15) is 0 Å². The number of nitrogens with one attached hydrogen (secondary N) is 2. The maximum atomic E-state index is 3.94. The number of fused-ring (bicyclic) bond motifs is 6. The number of anilines is 4. The molecule has 0 heterocycles. The van der Waals surface area contributed by atoms with Crippen molar-refractivity contribution in [3.05, 3.63) is 299 Å². The molecular formula is C66H44N2. The van der Waals surface area contributed by atoms with Gasteiger partial charge in [0.25, 0.3) is 0 Å². The van der Waals surface area contributed by atoms with E-state index in [9.17, 15) is 0 Å². The lowest BCUT2D eigenvalue weighted by Crippen LogP contribution is -2.28. The van der Waals surface area contributed by atoms with Crippen LogP contribution in [0.3, 0.4) is 0 Å². The monoisotopic (exact) mass is 864 g/mol. The molecule has 2 heteroatoms. The van der Waals surface area contributed by atoms with Crippen molar-refractivity contribution in [2.75, 3.05) is 10.6 Å². The van der Waals surface area contributed by atoms with Crippen LogP contribution in [0.15, 0.2) is 255 Å². The van der Waals surface area contributed by atoms with Crippen molar-refractivity contribution in [2.45, 2.75) is 10.8 Å². The Bertz CT molecular complexity index is 3580. The van der Waals surface area contributed by atoms with Crippen LogP contribution in [0.2, 0.25) is 0 Å². The van der Waals surface area contributed by atoms with Crippen LogP contribution in [0.25, 0.3) is 54.6 Å². The fourth-order valence-corrected chi connectivity index (χ4v) is 12.4. The molecule has 0 atom stereocenters. The number of hydrogen-bond donors (Lipinski definition) is 2. The van der Waals surface area contributed by atoms with Gasteiger partial charge in [-0.25, -0.2) is 0 Å². The summed E-state index contributed by atoms with van der Waals surface area (Å²) in [6.45, 7) is 0. The van der Waals surface area contributed by atoms with E-state index in [1.165, 1.54) is 99.1 Å². The highest BCUT2D eigenvalue weighted by Crippen LogP contribution is 2.58. The van der Waals surface area contributed by atoms with Gasteiger partial charge in [-0.3, -0.25) is 0 Å². The Morgan fingerprint density at radius 3 is 0.956 bits per heavy atom. The van der Waals surface area contributed by atoms with Crippen molar-refractivity contribution < 1.29 is 0 Å². The third-order valence-electron chi connectivity index (χ3n) is 15.1. The van der Waals surface area contributed by atoms with Gasteiger partial charge in [-0.05, 0) is 125 Å². The van der Waals surface area contributed by atoms with Gasteiger partial charge in [0.05, 0.1) is 10.8 Å². The fraction of sp³-hybridized carbons (Fsp3) is 0.0303. The molecule has 0 aliphatic heterocycles. The molecule has 0 bridgehead atoms. The Kier molecular flexibility index (Phi) is 8.45. The van der Waals surface area contributed by atoms with Crippen molar-refractivity contribution in [1.29, 1.82) is 0 Å². The third kappa shape index (κ3) is 5.40. The molecule has 2 aliphatic carbocycles. The van der Waals surface area contributed by atoms with E-state index in [0.29, 0.717) is 0 Å². The van der Waals surface area contributed by atoms with E-state index in [1.807, 2.05) is 0 Å². The van der Waals surface area contributed by atoms with Gasteiger partial charge in [-0.15, -0.1) is 0 Å². The largest absolute Gasteiger partial charge is 0.355 e. The average Bonchev–Trinajstić information content (AvgIpc) is 3.88. The fourth-order valence-electron chi connectivity index (χ4n) is 12.4. The van der Waals surface area contributed by atoms with Crippen molar-refractivity contribution in [3.63, 3.8) is 0 Å². The van der Waals surface area contributed by atoms with E-state index in [4.69, 9.17) is 0 Å². The van der Waals surface area contributed by atoms with E-state index in [1.54, 1.807) is 0 Å². The highest BCUT2D eigenvalue weighted by Gasteiger charge is 2.47. The van der Waals surface area contributed by atoms with Crippen LogP contribution < -0.4 is 10.6 Å². The summed E-state index contributed by atoms with van der Waals surface area (Å²) in [5.74, 6) is 0. The molecule has 0 radical (unpaired) electrons. The number of rotatable bonds is 8. The number of benzene rings is 12. The van der Waals surface area contributed by atoms with Crippen LogP contribution in [-0.4, -0.2) is 0 Å². The molecule has 2 N–H and O–H groups in total. The zero-order valence-corrected chi connectivity index (χ0v) is 37.2. The molecule has 0 saturated carbocycles.